The van der Waals surface area contributed by atoms with Gasteiger partial charge < -0.3 is 5.73 Å². The van der Waals surface area contributed by atoms with E-state index in [0.29, 0.717) is 5.92 Å². The fraction of sp³-hybridized carbons (Fsp3) is 0.750. The summed E-state index contributed by atoms with van der Waals surface area (Å²) in [5.74, 6) is 0.536. The minimum atomic E-state index is 0.135. The smallest absolute Gasteiger partial charge is 0.0537 e. The highest BCUT2D eigenvalue weighted by molar-refractivity contribution is 5.10. The van der Waals surface area contributed by atoms with E-state index >= 15 is 0 Å². The third kappa shape index (κ3) is 3.34. The van der Waals surface area contributed by atoms with Gasteiger partial charge in [-0.1, -0.05) is 27.2 Å². The SMILES string of the molecule is CCCC(C)C(N)c1cnn(CCC)c1. The lowest BCUT2D eigenvalue weighted by atomic mass is 9.94. The summed E-state index contributed by atoms with van der Waals surface area (Å²) in [6.45, 7) is 7.55. The van der Waals surface area contributed by atoms with Crippen molar-refractivity contribution in [3.8, 4) is 0 Å². The molecule has 0 saturated heterocycles. The van der Waals surface area contributed by atoms with Crippen LogP contribution < -0.4 is 5.73 Å². The Hall–Kier alpha value is -0.830. The summed E-state index contributed by atoms with van der Waals surface area (Å²) in [6, 6.07) is 0.135. The van der Waals surface area contributed by atoms with Gasteiger partial charge in [-0.2, -0.15) is 5.10 Å². The number of rotatable bonds is 6. The van der Waals surface area contributed by atoms with Crippen molar-refractivity contribution >= 4 is 0 Å². The first-order chi connectivity index (χ1) is 7.19. The Morgan fingerprint density at radius 3 is 2.73 bits per heavy atom. The molecule has 15 heavy (non-hydrogen) atoms. The summed E-state index contributed by atoms with van der Waals surface area (Å²) in [6.07, 6.45) is 7.48. The second-order valence-electron chi connectivity index (χ2n) is 4.33. The highest BCUT2D eigenvalue weighted by Crippen LogP contribution is 2.22. The molecule has 3 nitrogen and oxygen atoms in total. The Morgan fingerprint density at radius 1 is 1.40 bits per heavy atom. The quantitative estimate of drug-likeness (QED) is 0.783. The summed E-state index contributed by atoms with van der Waals surface area (Å²) < 4.78 is 1.98. The minimum Gasteiger partial charge on any atom is -0.324 e. The van der Waals surface area contributed by atoms with E-state index < -0.39 is 0 Å². The molecular formula is C12H23N3. The van der Waals surface area contributed by atoms with E-state index in [1.165, 1.54) is 18.4 Å². The Morgan fingerprint density at radius 2 is 2.13 bits per heavy atom. The van der Waals surface area contributed by atoms with Crippen LogP contribution in [0.3, 0.4) is 0 Å². The van der Waals surface area contributed by atoms with E-state index in [-0.39, 0.29) is 6.04 Å². The van der Waals surface area contributed by atoms with Gasteiger partial charge >= 0.3 is 0 Å². The Kier molecular flexibility index (Phi) is 4.82. The Balaban J connectivity index is 2.60. The highest BCUT2D eigenvalue weighted by Gasteiger charge is 2.15. The molecule has 3 heteroatoms. The maximum Gasteiger partial charge on any atom is 0.0537 e. The summed E-state index contributed by atoms with van der Waals surface area (Å²) in [4.78, 5) is 0. The molecule has 0 spiro atoms. The van der Waals surface area contributed by atoms with Crippen LogP contribution in [-0.2, 0) is 6.54 Å². The van der Waals surface area contributed by atoms with Crippen molar-refractivity contribution in [2.24, 2.45) is 11.7 Å². The molecule has 0 aliphatic heterocycles. The van der Waals surface area contributed by atoms with Gasteiger partial charge in [0.2, 0.25) is 0 Å². The third-order valence-electron chi connectivity index (χ3n) is 2.85. The zero-order chi connectivity index (χ0) is 11.3. The van der Waals surface area contributed by atoms with E-state index in [4.69, 9.17) is 5.73 Å². The van der Waals surface area contributed by atoms with Crippen molar-refractivity contribution in [1.29, 1.82) is 0 Å². The van der Waals surface area contributed by atoms with Crippen LogP contribution in [0.15, 0.2) is 12.4 Å². The average Bonchev–Trinajstić information content (AvgIpc) is 2.66. The molecule has 0 amide bonds. The fourth-order valence-corrected chi connectivity index (χ4v) is 1.87. The van der Waals surface area contributed by atoms with Crippen molar-refractivity contribution in [3.05, 3.63) is 18.0 Å². The standard InChI is InChI=1S/C12H23N3/c1-4-6-10(3)12(13)11-8-14-15(9-11)7-5-2/h8-10,12H,4-7,13H2,1-3H3. The molecule has 1 rings (SSSR count). The first-order valence-electron chi connectivity index (χ1n) is 5.97. The molecule has 0 aliphatic carbocycles. The zero-order valence-corrected chi connectivity index (χ0v) is 10.1. The lowest BCUT2D eigenvalue weighted by Crippen LogP contribution is -2.18. The van der Waals surface area contributed by atoms with Gasteiger partial charge in [0.1, 0.15) is 0 Å². The van der Waals surface area contributed by atoms with E-state index in [1.54, 1.807) is 0 Å². The number of hydrogen-bond acceptors (Lipinski definition) is 2. The van der Waals surface area contributed by atoms with Crippen molar-refractivity contribution < 1.29 is 0 Å². The molecule has 86 valence electrons. The van der Waals surface area contributed by atoms with E-state index in [9.17, 15) is 0 Å². The number of aryl methyl sites for hydroxylation is 1. The lowest BCUT2D eigenvalue weighted by Gasteiger charge is -2.17. The number of nitrogens with two attached hydrogens (primary N) is 1. The summed E-state index contributed by atoms with van der Waals surface area (Å²) in [5, 5.41) is 4.31. The van der Waals surface area contributed by atoms with Gasteiger partial charge in [-0.25, -0.2) is 0 Å². The summed E-state index contributed by atoms with van der Waals surface area (Å²) in [7, 11) is 0. The minimum absolute atomic E-state index is 0.135. The molecule has 1 heterocycles. The monoisotopic (exact) mass is 209 g/mol. The van der Waals surface area contributed by atoms with Gasteiger partial charge in [0, 0.05) is 24.3 Å². The molecule has 2 unspecified atom stereocenters. The molecule has 2 N–H and O–H groups in total. The first kappa shape index (κ1) is 12.2. The van der Waals surface area contributed by atoms with Crippen LogP contribution in [0.2, 0.25) is 0 Å². The van der Waals surface area contributed by atoms with Crippen LogP contribution in [0.1, 0.15) is 51.6 Å². The van der Waals surface area contributed by atoms with E-state index in [2.05, 4.69) is 32.1 Å². The van der Waals surface area contributed by atoms with Crippen molar-refractivity contribution in [3.63, 3.8) is 0 Å². The van der Waals surface area contributed by atoms with Crippen LogP contribution in [0.5, 0.6) is 0 Å². The van der Waals surface area contributed by atoms with Gasteiger partial charge in [-0.15, -0.1) is 0 Å². The molecule has 0 aliphatic rings. The molecule has 1 aromatic heterocycles. The number of nitrogens with zero attached hydrogens (tertiary/aromatic N) is 2. The van der Waals surface area contributed by atoms with Gasteiger partial charge in [0.25, 0.3) is 0 Å². The Bertz CT molecular complexity index is 280. The second-order valence-corrected chi connectivity index (χ2v) is 4.33. The molecule has 0 saturated carbocycles. The third-order valence-corrected chi connectivity index (χ3v) is 2.85. The Labute approximate surface area is 92.7 Å². The molecule has 0 radical (unpaired) electrons. The van der Waals surface area contributed by atoms with Gasteiger partial charge in [0.15, 0.2) is 0 Å². The molecule has 0 aromatic carbocycles. The highest BCUT2D eigenvalue weighted by atomic mass is 15.3. The maximum absolute atomic E-state index is 6.18. The van der Waals surface area contributed by atoms with Gasteiger partial charge in [-0.3, -0.25) is 4.68 Å². The van der Waals surface area contributed by atoms with Crippen molar-refractivity contribution in [1.82, 2.24) is 9.78 Å². The van der Waals surface area contributed by atoms with Crippen molar-refractivity contribution in [2.75, 3.05) is 0 Å². The van der Waals surface area contributed by atoms with Gasteiger partial charge in [0.05, 0.1) is 6.20 Å². The number of hydrogen-bond donors (Lipinski definition) is 1. The summed E-state index contributed by atoms with van der Waals surface area (Å²) >= 11 is 0. The fourth-order valence-electron chi connectivity index (χ4n) is 1.87. The van der Waals surface area contributed by atoms with Crippen LogP contribution in [0.25, 0.3) is 0 Å². The molecular weight excluding hydrogens is 186 g/mol. The van der Waals surface area contributed by atoms with Gasteiger partial charge in [-0.05, 0) is 18.8 Å². The largest absolute Gasteiger partial charge is 0.324 e. The van der Waals surface area contributed by atoms with Crippen LogP contribution in [-0.4, -0.2) is 9.78 Å². The van der Waals surface area contributed by atoms with Crippen LogP contribution in [0.4, 0.5) is 0 Å². The molecule has 2 atom stereocenters. The van der Waals surface area contributed by atoms with E-state index in [0.717, 1.165) is 13.0 Å². The zero-order valence-electron chi connectivity index (χ0n) is 10.1. The average molecular weight is 209 g/mol. The van der Waals surface area contributed by atoms with Crippen LogP contribution in [0, 0.1) is 5.92 Å². The topological polar surface area (TPSA) is 43.8 Å². The molecule has 1 aromatic rings. The number of aromatic nitrogens is 2. The van der Waals surface area contributed by atoms with E-state index in [1.807, 2.05) is 10.9 Å². The normalized spacial score (nSPS) is 15.2. The summed E-state index contributed by atoms with van der Waals surface area (Å²) in [5.41, 5.74) is 7.35. The second kappa shape index (κ2) is 5.91. The predicted octanol–water partition coefficient (Wildman–Crippen LogP) is 2.73. The lowest BCUT2D eigenvalue weighted by molar-refractivity contribution is 0.433. The first-order valence-corrected chi connectivity index (χ1v) is 5.97. The predicted molar refractivity (Wildman–Crippen MR) is 63.5 cm³/mol. The van der Waals surface area contributed by atoms with Crippen LogP contribution >= 0.6 is 0 Å². The van der Waals surface area contributed by atoms with Crippen molar-refractivity contribution in [2.45, 2.75) is 52.6 Å². The molecule has 0 fully saturated rings. The molecule has 0 bridgehead atoms. The maximum atomic E-state index is 6.18.